The molecule has 2 nitrogen and oxygen atoms in total. The number of methoxy groups -OCH3 is 1. The van der Waals surface area contributed by atoms with E-state index in [4.69, 9.17) is 9.73 Å². The van der Waals surface area contributed by atoms with E-state index in [0.29, 0.717) is 12.1 Å². The number of hydrogen-bond donors (Lipinski definition) is 0. The van der Waals surface area contributed by atoms with Gasteiger partial charge in [-0.15, -0.1) is 18.3 Å². The van der Waals surface area contributed by atoms with Gasteiger partial charge in [-0.05, 0) is 57.8 Å². The molecule has 1 saturated carbocycles. The van der Waals surface area contributed by atoms with Crippen LogP contribution in [0.1, 0.15) is 65.2 Å². The van der Waals surface area contributed by atoms with Crippen molar-refractivity contribution in [1.29, 1.82) is 0 Å². The molecule has 2 aliphatic rings. The topological polar surface area (TPSA) is 21.6 Å². The van der Waals surface area contributed by atoms with E-state index in [0.717, 1.165) is 31.1 Å². The van der Waals surface area contributed by atoms with Crippen molar-refractivity contribution in [3.8, 4) is 0 Å². The van der Waals surface area contributed by atoms with Crippen molar-refractivity contribution in [2.24, 2.45) is 16.8 Å². The van der Waals surface area contributed by atoms with Crippen LogP contribution >= 0.6 is 11.8 Å². The predicted octanol–water partition coefficient (Wildman–Crippen LogP) is 6.59. The summed E-state index contributed by atoms with van der Waals surface area (Å²) in [4.78, 5) is 4.95. The van der Waals surface area contributed by atoms with Gasteiger partial charge in [0.05, 0.1) is 17.2 Å². The number of hydrogen-bond acceptors (Lipinski definition) is 3. The molecular weight excluding hydrogens is 338 g/mol. The van der Waals surface area contributed by atoms with Crippen LogP contribution in [0.25, 0.3) is 0 Å². The fourth-order valence-corrected chi connectivity index (χ4v) is 4.78. The number of thioether (sulfide) groups is 1. The van der Waals surface area contributed by atoms with Crippen LogP contribution in [0.5, 0.6) is 0 Å². The molecule has 1 fully saturated rings. The first-order valence-corrected chi connectivity index (χ1v) is 11.3. The summed E-state index contributed by atoms with van der Waals surface area (Å²) in [6.07, 6.45) is 18.5. The summed E-state index contributed by atoms with van der Waals surface area (Å²) >= 11 is 2.02. The van der Waals surface area contributed by atoms with Gasteiger partial charge < -0.3 is 4.74 Å². The van der Waals surface area contributed by atoms with Gasteiger partial charge in [-0.3, -0.25) is 4.99 Å². The highest BCUT2D eigenvalue weighted by Gasteiger charge is 2.39. The molecule has 1 aliphatic heterocycles. The fourth-order valence-electron chi connectivity index (χ4n) is 3.41. The van der Waals surface area contributed by atoms with Crippen molar-refractivity contribution >= 4 is 16.8 Å². The lowest BCUT2D eigenvalue weighted by atomic mass is 10.1. The zero-order chi connectivity index (χ0) is 18.8. The average molecular weight is 376 g/mol. The summed E-state index contributed by atoms with van der Waals surface area (Å²) in [5, 5.41) is 1.46. The van der Waals surface area contributed by atoms with Crippen LogP contribution in [0, 0.1) is 11.8 Å². The molecule has 1 aliphatic carbocycles. The molecule has 0 N–H and O–H groups in total. The summed E-state index contributed by atoms with van der Waals surface area (Å²) in [6.45, 7) is 8.34. The number of unbranched alkanes of at least 4 members (excludes halogenated alkanes) is 2. The summed E-state index contributed by atoms with van der Waals surface area (Å²) in [5.74, 6) is 2.94. The van der Waals surface area contributed by atoms with Crippen LogP contribution in [0.3, 0.4) is 0 Å². The van der Waals surface area contributed by atoms with Crippen molar-refractivity contribution in [2.45, 2.75) is 77.4 Å². The number of ether oxygens (including phenoxy) is 1. The van der Waals surface area contributed by atoms with E-state index in [2.05, 4.69) is 38.7 Å². The Morgan fingerprint density at radius 3 is 2.92 bits per heavy atom. The first-order valence-electron chi connectivity index (χ1n) is 10.3. The van der Waals surface area contributed by atoms with E-state index in [9.17, 15) is 0 Å². The minimum absolute atomic E-state index is 0.305. The van der Waals surface area contributed by atoms with Crippen molar-refractivity contribution in [3.63, 3.8) is 0 Å². The molecule has 2 rings (SSSR count). The van der Waals surface area contributed by atoms with Gasteiger partial charge in [0.25, 0.3) is 0 Å². The molecule has 0 aromatic carbocycles. The van der Waals surface area contributed by atoms with Crippen LogP contribution in [-0.2, 0) is 4.74 Å². The minimum Gasteiger partial charge on any atom is -0.381 e. The lowest BCUT2D eigenvalue weighted by Gasteiger charge is -2.12. The first kappa shape index (κ1) is 21.5. The van der Waals surface area contributed by atoms with Crippen LogP contribution < -0.4 is 0 Å². The third-order valence-electron chi connectivity index (χ3n) is 5.46. The zero-order valence-corrected chi connectivity index (χ0v) is 17.8. The predicted molar refractivity (Wildman–Crippen MR) is 117 cm³/mol. The van der Waals surface area contributed by atoms with E-state index in [1.165, 1.54) is 48.5 Å². The Balaban J connectivity index is 1.52. The average Bonchev–Trinajstić information content (AvgIpc) is 3.18. The van der Waals surface area contributed by atoms with E-state index in [1.54, 1.807) is 7.11 Å². The lowest BCUT2D eigenvalue weighted by molar-refractivity contribution is 0.0981. The molecule has 0 aromatic rings. The molecule has 0 amide bonds. The molecule has 0 saturated heterocycles. The third kappa shape index (κ3) is 7.84. The Morgan fingerprint density at radius 2 is 2.23 bits per heavy atom. The highest BCUT2D eigenvalue weighted by atomic mass is 32.2. The summed E-state index contributed by atoms with van der Waals surface area (Å²) in [5.41, 5.74) is 1.42. The molecule has 4 atom stereocenters. The second-order valence-corrected chi connectivity index (χ2v) is 8.94. The number of allylic oxidation sites excluding steroid dienone is 4. The number of rotatable bonds is 13. The molecule has 0 bridgehead atoms. The standard InChI is InChI=1S/C23H37NOS/c1-5-11-21(25-4)15-14-18(2)12-9-7-6-8-10-13-20-17-26-23(24-20)22-16-19(22)3/h5,7,9,12,19-22H,1,6,8,10-11,13-17H2,2-4H3/b9-7+,18-12+/t19-,20+,21-,22+/m0/s1. The van der Waals surface area contributed by atoms with E-state index >= 15 is 0 Å². The molecule has 146 valence electrons. The smallest absolute Gasteiger partial charge is 0.0714 e. The third-order valence-corrected chi connectivity index (χ3v) is 6.71. The van der Waals surface area contributed by atoms with Gasteiger partial charge in [0, 0.05) is 18.8 Å². The van der Waals surface area contributed by atoms with Gasteiger partial charge >= 0.3 is 0 Å². The maximum Gasteiger partial charge on any atom is 0.0714 e. The second kappa shape index (κ2) is 11.8. The van der Waals surface area contributed by atoms with Gasteiger partial charge in [-0.1, -0.05) is 43.2 Å². The molecule has 0 spiro atoms. The quantitative estimate of drug-likeness (QED) is 0.206. The Labute approximate surface area is 165 Å². The maximum absolute atomic E-state index is 5.45. The van der Waals surface area contributed by atoms with Crippen LogP contribution in [0.4, 0.5) is 0 Å². The maximum atomic E-state index is 5.45. The summed E-state index contributed by atoms with van der Waals surface area (Å²) in [7, 11) is 1.79. The Morgan fingerprint density at radius 1 is 1.42 bits per heavy atom. The van der Waals surface area contributed by atoms with Crippen molar-refractivity contribution in [2.75, 3.05) is 12.9 Å². The molecular formula is C23H37NOS. The Bertz CT molecular complexity index is 522. The van der Waals surface area contributed by atoms with Crippen LogP contribution in [0.15, 0.2) is 41.4 Å². The van der Waals surface area contributed by atoms with Gasteiger partial charge in [-0.25, -0.2) is 0 Å². The van der Waals surface area contributed by atoms with Gasteiger partial charge in [-0.2, -0.15) is 0 Å². The van der Waals surface area contributed by atoms with Crippen molar-refractivity contribution < 1.29 is 4.74 Å². The lowest BCUT2D eigenvalue weighted by Crippen LogP contribution is -2.08. The normalized spacial score (nSPS) is 27.0. The second-order valence-electron chi connectivity index (χ2n) is 7.90. The van der Waals surface area contributed by atoms with Crippen LogP contribution in [-0.4, -0.2) is 30.1 Å². The monoisotopic (exact) mass is 375 g/mol. The highest BCUT2D eigenvalue weighted by Crippen LogP contribution is 2.44. The Hall–Kier alpha value is -0.800. The zero-order valence-electron chi connectivity index (χ0n) is 17.0. The van der Waals surface area contributed by atoms with Crippen molar-refractivity contribution in [1.82, 2.24) is 0 Å². The minimum atomic E-state index is 0.305. The highest BCUT2D eigenvalue weighted by molar-refractivity contribution is 8.14. The molecule has 0 unspecified atom stereocenters. The SMILES string of the molecule is C=CC[C@@H](CC/C(C)=C/C=C/CCCC[C@@H]1CSC([C@@H]2C[C@@H]2C)=N1)OC. The van der Waals surface area contributed by atoms with E-state index in [1.807, 2.05) is 17.8 Å². The molecule has 0 radical (unpaired) electrons. The largest absolute Gasteiger partial charge is 0.381 e. The molecule has 26 heavy (non-hydrogen) atoms. The Kier molecular flexibility index (Phi) is 9.77. The molecule has 0 aromatic heterocycles. The fraction of sp³-hybridized carbons (Fsp3) is 0.696. The first-order chi connectivity index (χ1) is 12.6. The van der Waals surface area contributed by atoms with E-state index in [-0.39, 0.29) is 0 Å². The van der Waals surface area contributed by atoms with E-state index < -0.39 is 0 Å². The molecule has 1 heterocycles. The number of aliphatic imine (C=N–C) groups is 1. The van der Waals surface area contributed by atoms with Gasteiger partial charge in [0.2, 0.25) is 0 Å². The van der Waals surface area contributed by atoms with Crippen LogP contribution in [0.2, 0.25) is 0 Å². The molecule has 3 heteroatoms. The van der Waals surface area contributed by atoms with Gasteiger partial charge in [0.15, 0.2) is 0 Å². The summed E-state index contributed by atoms with van der Waals surface area (Å²) < 4.78 is 5.45. The van der Waals surface area contributed by atoms with Gasteiger partial charge in [0.1, 0.15) is 0 Å². The summed E-state index contributed by atoms with van der Waals surface area (Å²) in [6, 6.07) is 0.596. The number of nitrogens with zero attached hydrogens (tertiary/aromatic N) is 1. The van der Waals surface area contributed by atoms with Crippen molar-refractivity contribution in [3.05, 3.63) is 36.5 Å².